The van der Waals surface area contributed by atoms with Gasteiger partial charge in [-0.3, -0.25) is 4.79 Å². The molecule has 1 atom stereocenters. The van der Waals surface area contributed by atoms with Crippen LogP contribution in [0.25, 0.3) is 0 Å². The van der Waals surface area contributed by atoms with Crippen LogP contribution in [0, 0.1) is 0 Å². The summed E-state index contributed by atoms with van der Waals surface area (Å²) < 4.78 is 23.0. The van der Waals surface area contributed by atoms with Crippen molar-refractivity contribution in [1.29, 1.82) is 0 Å². The minimum absolute atomic E-state index is 0.0370. The van der Waals surface area contributed by atoms with Crippen molar-refractivity contribution in [3.63, 3.8) is 0 Å². The van der Waals surface area contributed by atoms with Crippen molar-refractivity contribution >= 4 is 15.7 Å². The first kappa shape index (κ1) is 14.0. The molecule has 1 saturated heterocycles. The largest absolute Gasteiger partial charge is 0.334 e. The Hall–Kier alpha value is -1.40. The highest BCUT2D eigenvalue weighted by Crippen LogP contribution is 2.16. The van der Waals surface area contributed by atoms with Crippen molar-refractivity contribution in [2.45, 2.75) is 19.5 Å². The first-order valence-electron chi connectivity index (χ1n) is 6.23. The Balaban J connectivity index is 2.20. The molecule has 104 valence electrons. The van der Waals surface area contributed by atoms with Gasteiger partial charge in [-0.15, -0.1) is 0 Å². The van der Waals surface area contributed by atoms with E-state index in [-0.39, 0.29) is 30.0 Å². The monoisotopic (exact) mass is 282 g/mol. The molecule has 0 radical (unpaired) electrons. The van der Waals surface area contributed by atoms with E-state index in [1.165, 1.54) is 0 Å². The van der Waals surface area contributed by atoms with E-state index in [1.807, 2.05) is 6.07 Å². The Bertz CT molecular complexity index is 583. The van der Waals surface area contributed by atoms with Crippen molar-refractivity contribution in [3.8, 4) is 0 Å². The lowest BCUT2D eigenvalue weighted by molar-refractivity contribution is 0.0712. The zero-order valence-electron chi connectivity index (χ0n) is 10.9. The summed E-state index contributed by atoms with van der Waals surface area (Å²) in [6, 6.07) is 6.87. The molecule has 1 aromatic carbocycles. The first-order chi connectivity index (χ1) is 8.93. The fraction of sp³-hybridized carbons (Fsp3) is 0.462. The third kappa shape index (κ3) is 3.13. The molecule has 0 saturated carbocycles. The van der Waals surface area contributed by atoms with Crippen LogP contribution in [-0.2, 0) is 16.4 Å². The molecule has 1 aliphatic rings. The number of hydrogen-bond donors (Lipinski definition) is 1. The standard InChI is InChI=1S/C13H18N2O3S/c1-10-9-19(17,18)6-5-15(10)13(16)12-4-2-3-11(7-12)8-14/h2-4,7,10H,5-6,8-9,14H2,1H3. The molecule has 1 unspecified atom stereocenters. The van der Waals surface area contributed by atoms with Gasteiger partial charge in [-0.2, -0.15) is 0 Å². The molecule has 19 heavy (non-hydrogen) atoms. The normalized spacial score (nSPS) is 22.2. The second-order valence-corrected chi connectivity index (χ2v) is 7.10. The van der Waals surface area contributed by atoms with Crippen molar-refractivity contribution in [2.75, 3.05) is 18.1 Å². The van der Waals surface area contributed by atoms with Gasteiger partial charge in [0.25, 0.3) is 5.91 Å². The molecule has 2 rings (SSSR count). The van der Waals surface area contributed by atoms with Gasteiger partial charge in [0, 0.05) is 24.7 Å². The number of rotatable bonds is 2. The topological polar surface area (TPSA) is 80.5 Å². The third-order valence-electron chi connectivity index (χ3n) is 3.34. The number of sulfone groups is 1. The van der Waals surface area contributed by atoms with Crippen LogP contribution in [0.2, 0.25) is 0 Å². The highest BCUT2D eigenvalue weighted by molar-refractivity contribution is 7.91. The fourth-order valence-electron chi connectivity index (χ4n) is 2.30. The zero-order valence-corrected chi connectivity index (χ0v) is 11.7. The number of hydrogen-bond acceptors (Lipinski definition) is 4. The van der Waals surface area contributed by atoms with Crippen LogP contribution in [0.3, 0.4) is 0 Å². The Morgan fingerprint density at radius 1 is 1.47 bits per heavy atom. The lowest BCUT2D eigenvalue weighted by atomic mass is 10.1. The molecule has 0 aromatic heterocycles. The lowest BCUT2D eigenvalue weighted by Crippen LogP contribution is -2.49. The Morgan fingerprint density at radius 2 is 2.21 bits per heavy atom. The summed E-state index contributed by atoms with van der Waals surface area (Å²) in [5, 5.41) is 0. The Kier molecular flexibility index (Phi) is 3.91. The quantitative estimate of drug-likeness (QED) is 0.851. The van der Waals surface area contributed by atoms with E-state index in [0.717, 1.165) is 5.56 Å². The van der Waals surface area contributed by atoms with Crippen LogP contribution >= 0.6 is 0 Å². The Morgan fingerprint density at radius 3 is 2.84 bits per heavy atom. The summed E-state index contributed by atoms with van der Waals surface area (Å²) in [4.78, 5) is 14.0. The maximum atomic E-state index is 12.4. The zero-order chi connectivity index (χ0) is 14.0. The van der Waals surface area contributed by atoms with E-state index in [2.05, 4.69) is 0 Å². The average molecular weight is 282 g/mol. The van der Waals surface area contributed by atoms with E-state index < -0.39 is 9.84 Å². The number of nitrogens with zero attached hydrogens (tertiary/aromatic N) is 1. The van der Waals surface area contributed by atoms with Crippen LogP contribution in [0.1, 0.15) is 22.8 Å². The van der Waals surface area contributed by atoms with E-state index in [1.54, 1.807) is 30.0 Å². The van der Waals surface area contributed by atoms with Crippen LogP contribution < -0.4 is 5.73 Å². The highest BCUT2D eigenvalue weighted by Gasteiger charge is 2.31. The van der Waals surface area contributed by atoms with Gasteiger partial charge in [0.2, 0.25) is 0 Å². The van der Waals surface area contributed by atoms with E-state index in [0.29, 0.717) is 12.1 Å². The number of benzene rings is 1. The molecular formula is C13H18N2O3S. The molecule has 5 nitrogen and oxygen atoms in total. The number of amides is 1. The summed E-state index contributed by atoms with van der Waals surface area (Å²) in [5.41, 5.74) is 7.01. The number of carbonyl (C=O) groups is 1. The van der Waals surface area contributed by atoms with Gasteiger partial charge < -0.3 is 10.6 Å². The molecule has 0 aliphatic carbocycles. The molecule has 2 N–H and O–H groups in total. The van der Waals surface area contributed by atoms with Crippen LogP contribution in [-0.4, -0.2) is 43.3 Å². The molecule has 6 heteroatoms. The van der Waals surface area contributed by atoms with Gasteiger partial charge in [0.15, 0.2) is 9.84 Å². The van der Waals surface area contributed by atoms with Gasteiger partial charge >= 0.3 is 0 Å². The average Bonchev–Trinajstić information content (AvgIpc) is 2.37. The maximum Gasteiger partial charge on any atom is 0.254 e. The summed E-state index contributed by atoms with van der Waals surface area (Å²) in [7, 11) is -3.01. The van der Waals surface area contributed by atoms with Gasteiger partial charge in [-0.25, -0.2) is 8.42 Å². The van der Waals surface area contributed by atoms with Crippen LogP contribution in [0.15, 0.2) is 24.3 Å². The second-order valence-electron chi connectivity index (χ2n) is 4.87. The van der Waals surface area contributed by atoms with Gasteiger partial charge in [-0.1, -0.05) is 12.1 Å². The molecule has 1 aromatic rings. The van der Waals surface area contributed by atoms with Crippen LogP contribution in [0.5, 0.6) is 0 Å². The molecule has 1 aliphatic heterocycles. The highest BCUT2D eigenvalue weighted by atomic mass is 32.2. The summed E-state index contributed by atoms with van der Waals surface area (Å²) in [5.74, 6) is -0.0488. The second kappa shape index (κ2) is 5.30. The Labute approximate surface area is 113 Å². The van der Waals surface area contributed by atoms with E-state index >= 15 is 0 Å². The van der Waals surface area contributed by atoms with Crippen molar-refractivity contribution in [1.82, 2.24) is 4.90 Å². The minimum atomic E-state index is -3.01. The summed E-state index contributed by atoms with van der Waals surface area (Å²) in [6.45, 7) is 2.40. The predicted octanol–water partition coefficient (Wildman–Crippen LogP) is 0.404. The van der Waals surface area contributed by atoms with Gasteiger partial charge in [0.1, 0.15) is 0 Å². The molecular weight excluding hydrogens is 264 g/mol. The smallest absolute Gasteiger partial charge is 0.254 e. The SMILES string of the molecule is CC1CS(=O)(=O)CCN1C(=O)c1cccc(CN)c1. The maximum absolute atomic E-state index is 12.4. The first-order valence-corrected chi connectivity index (χ1v) is 8.05. The molecule has 1 fully saturated rings. The van der Waals surface area contributed by atoms with Gasteiger partial charge in [0.05, 0.1) is 11.5 Å². The summed E-state index contributed by atoms with van der Waals surface area (Å²) >= 11 is 0. The van der Waals surface area contributed by atoms with E-state index in [9.17, 15) is 13.2 Å². The minimum Gasteiger partial charge on any atom is -0.334 e. The van der Waals surface area contributed by atoms with Gasteiger partial charge in [-0.05, 0) is 24.6 Å². The summed E-state index contributed by atoms with van der Waals surface area (Å²) in [6.07, 6.45) is 0. The van der Waals surface area contributed by atoms with Crippen molar-refractivity contribution in [2.24, 2.45) is 5.73 Å². The molecule has 1 amide bonds. The van der Waals surface area contributed by atoms with Crippen molar-refractivity contribution in [3.05, 3.63) is 35.4 Å². The number of nitrogens with two attached hydrogens (primary N) is 1. The fourth-order valence-corrected chi connectivity index (χ4v) is 3.85. The predicted molar refractivity (Wildman–Crippen MR) is 73.5 cm³/mol. The van der Waals surface area contributed by atoms with Crippen molar-refractivity contribution < 1.29 is 13.2 Å². The molecule has 0 bridgehead atoms. The molecule has 1 heterocycles. The lowest BCUT2D eigenvalue weighted by Gasteiger charge is -2.33. The van der Waals surface area contributed by atoms with E-state index in [4.69, 9.17) is 5.73 Å². The van der Waals surface area contributed by atoms with Crippen LogP contribution in [0.4, 0.5) is 0 Å². The third-order valence-corrected chi connectivity index (χ3v) is 5.14. The molecule has 0 spiro atoms. The number of carbonyl (C=O) groups excluding carboxylic acids is 1.